The van der Waals surface area contributed by atoms with Gasteiger partial charge in [0.2, 0.25) is 10.0 Å². The van der Waals surface area contributed by atoms with E-state index < -0.39 is 16.0 Å². The highest BCUT2D eigenvalue weighted by Crippen LogP contribution is 2.34. The highest BCUT2D eigenvalue weighted by Gasteiger charge is 2.32. The van der Waals surface area contributed by atoms with E-state index in [4.69, 9.17) is 9.26 Å². The molecule has 0 aliphatic carbocycles. The van der Waals surface area contributed by atoms with E-state index in [2.05, 4.69) is 5.16 Å². The number of rotatable bonds is 4. The van der Waals surface area contributed by atoms with E-state index in [9.17, 15) is 13.2 Å². The molecule has 0 fully saturated rings. The van der Waals surface area contributed by atoms with E-state index in [1.165, 1.54) is 10.6 Å². The zero-order chi connectivity index (χ0) is 18.4. The Labute approximate surface area is 146 Å². The Bertz CT molecular complexity index is 913. The molecule has 0 bridgehead atoms. The fraction of sp³-hybridized carbons (Fsp3) is 0.412. The zero-order valence-corrected chi connectivity index (χ0v) is 15.4. The minimum atomic E-state index is -3.35. The summed E-state index contributed by atoms with van der Waals surface area (Å²) < 4.78 is 35.7. The summed E-state index contributed by atoms with van der Waals surface area (Å²) in [5, 5.41) is 3.83. The van der Waals surface area contributed by atoms with Crippen LogP contribution in [0.3, 0.4) is 0 Å². The molecule has 1 atom stereocenters. The Hall–Kier alpha value is -2.35. The number of sulfonamides is 1. The maximum Gasteiger partial charge on any atom is 0.338 e. The van der Waals surface area contributed by atoms with Crippen LogP contribution >= 0.6 is 0 Å². The Kier molecular flexibility index (Phi) is 4.32. The molecule has 134 valence electrons. The Balaban J connectivity index is 1.79. The number of benzene rings is 1. The van der Waals surface area contributed by atoms with Crippen LogP contribution in [-0.4, -0.2) is 31.8 Å². The van der Waals surface area contributed by atoms with Gasteiger partial charge in [0.25, 0.3) is 0 Å². The fourth-order valence-corrected chi connectivity index (χ4v) is 4.43. The van der Waals surface area contributed by atoms with E-state index in [0.717, 1.165) is 11.1 Å². The molecular weight excluding hydrogens is 344 g/mol. The molecule has 1 aliphatic rings. The Morgan fingerprint density at radius 1 is 1.40 bits per heavy atom. The summed E-state index contributed by atoms with van der Waals surface area (Å²) >= 11 is 0. The summed E-state index contributed by atoms with van der Waals surface area (Å²) in [6.45, 7) is 5.48. The Morgan fingerprint density at radius 3 is 2.72 bits per heavy atom. The smallest absolute Gasteiger partial charge is 0.338 e. The highest BCUT2D eigenvalue weighted by molar-refractivity contribution is 7.92. The lowest BCUT2D eigenvalue weighted by Crippen LogP contribution is -2.34. The van der Waals surface area contributed by atoms with Crippen molar-refractivity contribution < 1.29 is 22.5 Å². The lowest BCUT2D eigenvalue weighted by atomic mass is 10.1. The molecule has 0 radical (unpaired) electrons. The molecule has 1 aliphatic heterocycles. The van der Waals surface area contributed by atoms with Crippen LogP contribution in [0.15, 0.2) is 22.7 Å². The number of carbonyl (C=O) groups excluding carboxylic acids is 1. The molecule has 1 aromatic heterocycles. The second-order valence-electron chi connectivity index (χ2n) is 6.33. The van der Waals surface area contributed by atoms with Crippen molar-refractivity contribution in [1.29, 1.82) is 0 Å². The van der Waals surface area contributed by atoms with Crippen molar-refractivity contribution >= 4 is 21.7 Å². The van der Waals surface area contributed by atoms with Gasteiger partial charge in [-0.15, -0.1) is 0 Å². The average molecular weight is 364 g/mol. The molecule has 0 saturated carbocycles. The van der Waals surface area contributed by atoms with E-state index in [1.807, 2.05) is 6.92 Å². The van der Waals surface area contributed by atoms with Crippen molar-refractivity contribution in [2.24, 2.45) is 0 Å². The molecule has 0 amide bonds. The normalized spacial score (nSPS) is 16.8. The third kappa shape index (κ3) is 3.26. The van der Waals surface area contributed by atoms with Crippen molar-refractivity contribution in [3.05, 3.63) is 46.3 Å². The van der Waals surface area contributed by atoms with Crippen LogP contribution in [0.25, 0.3) is 0 Å². The predicted octanol–water partition coefficient (Wildman–Crippen LogP) is 2.36. The lowest BCUT2D eigenvalue weighted by molar-refractivity contribution is 0.0470. The molecule has 2 heterocycles. The molecule has 2 aromatic rings. The van der Waals surface area contributed by atoms with Gasteiger partial charge in [-0.3, -0.25) is 4.31 Å². The van der Waals surface area contributed by atoms with Gasteiger partial charge in [0.1, 0.15) is 12.4 Å². The summed E-state index contributed by atoms with van der Waals surface area (Å²) in [5.74, 6) is 0.158. The fourth-order valence-electron chi connectivity index (χ4n) is 3.16. The number of aromatic nitrogens is 1. The van der Waals surface area contributed by atoms with Gasteiger partial charge in [0.05, 0.1) is 28.8 Å². The minimum absolute atomic E-state index is 0.0863. The average Bonchev–Trinajstić information content (AvgIpc) is 3.02. The van der Waals surface area contributed by atoms with Crippen LogP contribution in [0.1, 0.15) is 39.9 Å². The van der Waals surface area contributed by atoms with Gasteiger partial charge < -0.3 is 9.26 Å². The second-order valence-corrected chi connectivity index (χ2v) is 8.19. The molecule has 3 rings (SSSR count). The zero-order valence-electron chi connectivity index (χ0n) is 14.6. The monoisotopic (exact) mass is 364 g/mol. The summed E-state index contributed by atoms with van der Waals surface area (Å²) in [6, 6.07) is 4.78. The van der Waals surface area contributed by atoms with Crippen LogP contribution in [0.4, 0.5) is 5.69 Å². The number of fused-ring (bicyclic) bond motifs is 1. The molecule has 0 saturated heterocycles. The number of nitrogens with zero attached hydrogens (tertiary/aromatic N) is 2. The summed E-state index contributed by atoms with van der Waals surface area (Å²) in [7, 11) is -3.35. The SMILES string of the molecule is Cc1noc(C)c1COC(=O)c1ccc2c(c1)CC(C)N2S(C)(=O)=O. The third-order valence-electron chi connectivity index (χ3n) is 4.35. The number of anilines is 1. The number of ether oxygens (including phenoxy) is 1. The standard InChI is InChI=1S/C17H20N2O5S/c1-10-7-14-8-13(5-6-16(14)19(10)25(4,21)22)17(20)23-9-15-11(2)18-24-12(15)3/h5-6,8,10H,7,9H2,1-4H3. The van der Waals surface area contributed by atoms with Gasteiger partial charge in [0.15, 0.2) is 0 Å². The molecule has 0 spiro atoms. The number of aryl methyl sites for hydroxylation is 2. The van der Waals surface area contributed by atoms with E-state index >= 15 is 0 Å². The largest absolute Gasteiger partial charge is 0.457 e. The highest BCUT2D eigenvalue weighted by atomic mass is 32.2. The molecular formula is C17H20N2O5S. The van der Waals surface area contributed by atoms with Gasteiger partial charge in [-0.1, -0.05) is 5.16 Å². The molecule has 7 nitrogen and oxygen atoms in total. The van der Waals surface area contributed by atoms with Crippen LogP contribution in [0.5, 0.6) is 0 Å². The van der Waals surface area contributed by atoms with Gasteiger partial charge >= 0.3 is 5.97 Å². The van der Waals surface area contributed by atoms with Crippen molar-refractivity contribution in [1.82, 2.24) is 5.16 Å². The maximum atomic E-state index is 12.3. The summed E-state index contributed by atoms with van der Waals surface area (Å²) in [6.07, 6.45) is 1.75. The first kappa shape index (κ1) is 17.5. The van der Waals surface area contributed by atoms with E-state index in [0.29, 0.717) is 29.1 Å². The first-order valence-electron chi connectivity index (χ1n) is 7.89. The van der Waals surface area contributed by atoms with Crippen LogP contribution in [0.2, 0.25) is 0 Å². The minimum Gasteiger partial charge on any atom is -0.457 e. The lowest BCUT2D eigenvalue weighted by Gasteiger charge is -2.21. The van der Waals surface area contributed by atoms with Crippen molar-refractivity contribution in [2.75, 3.05) is 10.6 Å². The van der Waals surface area contributed by atoms with Gasteiger partial charge in [-0.25, -0.2) is 13.2 Å². The van der Waals surface area contributed by atoms with E-state index in [1.54, 1.807) is 32.0 Å². The van der Waals surface area contributed by atoms with Gasteiger partial charge in [-0.05, 0) is 51.0 Å². The van der Waals surface area contributed by atoms with Gasteiger partial charge in [0, 0.05) is 6.04 Å². The number of hydrogen-bond donors (Lipinski definition) is 0. The quantitative estimate of drug-likeness (QED) is 0.774. The third-order valence-corrected chi connectivity index (χ3v) is 5.63. The summed E-state index contributed by atoms with van der Waals surface area (Å²) in [5.41, 5.74) is 3.29. The topological polar surface area (TPSA) is 89.7 Å². The van der Waals surface area contributed by atoms with Crippen molar-refractivity contribution in [3.63, 3.8) is 0 Å². The van der Waals surface area contributed by atoms with Gasteiger partial charge in [-0.2, -0.15) is 0 Å². The molecule has 0 N–H and O–H groups in total. The van der Waals surface area contributed by atoms with E-state index in [-0.39, 0.29) is 12.6 Å². The first-order chi connectivity index (χ1) is 11.7. The van der Waals surface area contributed by atoms with Crippen LogP contribution in [0, 0.1) is 13.8 Å². The first-order valence-corrected chi connectivity index (χ1v) is 9.74. The second kappa shape index (κ2) is 6.18. The number of esters is 1. The molecule has 25 heavy (non-hydrogen) atoms. The molecule has 8 heteroatoms. The van der Waals surface area contributed by atoms with Crippen molar-refractivity contribution in [3.8, 4) is 0 Å². The van der Waals surface area contributed by atoms with Crippen LogP contribution < -0.4 is 4.31 Å². The molecule has 1 aromatic carbocycles. The predicted molar refractivity (Wildman–Crippen MR) is 92.0 cm³/mol. The van der Waals surface area contributed by atoms with Crippen molar-refractivity contribution in [2.45, 2.75) is 39.8 Å². The Morgan fingerprint density at radius 2 is 2.12 bits per heavy atom. The van der Waals surface area contributed by atoms with Crippen LogP contribution in [-0.2, 0) is 27.8 Å². The maximum absolute atomic E-state index is 12.3. The molecule has 1 unspecified atom stereocenters. The number of carbonyl (C=O) groups is 1. The summed E-state index contributed by atoms with van der Waals surface area (Å²) in [4.78, 5) is 12.3. The number of hydrogen-bond acceptors (Lipinski definition) is 6.